The van der Waals surface area contributed by atoms with Crippen LogP contribution in [-0.4, -0.2) is 35.6 Å². The number of hydrogen-bond donors (Lipinski definition) is 2. The molecule has 0 radical (unpaired) electrons. The number of halogens is 3. The van der Waals surface area contributed by atoms with Crippen molar-refractivity contribution in [2.24, 2.45) is 0 Å². The fourth-order valence-electron chi connectivity index (χ4n) is 1.33. The number of hydrogen-bond acceptors (Lipinski definition) is 2. The van der Waals surface area contributed by atoms with Crippen LogP contribution in [0.5, 0.6) is 0 Å². The van der Waals surface area contributed by atoms with E-state index in [9.17, 15) is 22.8 Å². The summed E-state index contributed by atoms with van der Waals surface area (Å²) in [5.74, 6) is -1.04. The van der Waals surface area contributed by atoms with E-state index in [-0.39, 0.29) is 18.7 Å². The maximum Gasteiger partial charge on any atom is 0.416 e. The number of carboxylic acids is 1. The van der Waals surface area contributed by atoms with Gasteiger partial charge in [-0.1, -0.05) is 0 Å². The first kappa shape index (κ1) is 15.8. The van der Waals surface area contributed by atoms with Crippen LogP contribution in [0.25, 0.3) is 0 Å². The number of nitrogens with zero attached hydrogens (tertiary/aromatic N) is 1. The van der Waals surface area contributed by atoms with Crippen LogP contribution in [0.4, 0.5) is 23.7 Å². The summed E-state index contributed by atoms with van der Waals surface area (Å²) < 4.78 is 37.0. The van der Waals surface area contributed by atoms with Crippen molar-refractivity contribution in [2.45, 2.75) is 12.6 Å². The molecule has 1 aromatic carbocycles. The zero-order chi connectivity index (χ0) is 15.3. The molecule has 0 atom stereocenters. The molecule has 0 saturated heterocycles. The number of aliphatic carboxylic acids is 1. The van der Waals surface area contributed by atoms with Crippen LogP contribution in [0.15, 0.2) is 24.3 Å². The Bertz CT molecular complexity index is 486. The van der Waals surface area contributed by atoms with Gasteiger partial charge in [-0.15, -0.1) is 0 Å². The number of carbonyl (C=O) groups is 2. The van der Waals surface area contributed by atoms with Crippen LogP contribution in [0.1, 0.15) is 12.0 Å². The number of anilines is 1. The summed E-state index contributed by atoms with van der Waals surface area (Å²) in [5, 5.41) is 10.8. The Hall–Kier alpha value is -2.25. The first-order valence-corrected chi connectivity index (χ1v) is 5.61. The minimum Gasteiger partial charge on any atom is -0.481 e. The smallest absolute Gasteiger partial charge is 0.416 e. The molecule has 20 heavy (non-hydrogen) atoms. The number of alkyl halides is 3. The van der Waals surface area contributed by atoms with Crippen LogP contribution < -0.4 is 5.32 Å². The lowest BCUT2D eigenvalue weighted by atomic mass is 10.2. The van der Waals surface area contributed by atoms with Crippen molar-refractivity contribution < 1.29 is 27.9 Å². The standard InChI is InChI=1S/C12H13F3N2O3/c1-17(7-6-10(18)19)11(20)16-9-4-2-8(3-5-9)12(13,14)15/h2-5H,6-7H2,1H3,(H,16,20)(H,18,19). The highest BCUT2D eigenvalue weighted by Crippen LogP contribution is 2.29. The van der Waals surface area contributed by atoms with Gasteiger partial charge in [0.25, 0.3) is 0 Å². The van der Waals surface area contributed by atoms with Crippen molar-refractivity contribution in [1.29, 1.82) is 0 Å². The Kier molecular flexibility index (Phi) is 4.95. The van der Waals surface area contributed by atoms with Gasteiger partial charge < -0.3 is 15.3 Å². The summed E-state index contributed by atoms with van der Waals surface area (Å²) in [6.45, 7) is 0.00179. The quantitative estimate of drug-likeness (QED) is 0.895. The van der Waals surface area contributed by atoms with Crippen molar-refractivity contribution >= 4 is 17.7 Å². The molecule has 0 bridgehead atoms. The van der Waals surface area contributed by atoms with Crippen LogP contribution in [0.2, 0.25) is 0 Å². The topological polar surface area (TPSA) is 69.6 Å². The summed E-state index contributed by atoms with van der Waals surface area (Å²) >= 11 is 0. The number of carboxylic acid groups (broad SMARTS) is 1. The van der Waals surface area contributed by atoms with Crippen molar-refractivity contribution in [3.05, 3.63) is 29.8 Å². The molecule has 8 heteroatoms. The lowest BCUT2D eigenvalue weighted by Crippen LogP contribution is -2.33. The summed E-state index contributed by atoms with van der Waals surface area (Å²) in [6.07, 6.45) is -4.64. The highest BCUT2D eigenvalue weighted by molar-refractivity contribution is 5.89. The number of carbonyl (C=O) groups excluding carboxylic acids is 1. The van der Waals surface area contributed by atoms with Crippen molar-refractivity contribution in [3.8, 4) is 0 Å². The third kappa shape index (κ3) is 4.79. The van der Waals surface area contributed by atoms with E-state index in [0.29, 0.717) is 0 Å². The highest BCUT2D eigenvalue weighted by atomic mass is 19.4. The summed E-state index contributed by atoms with van der Waals surface area (Å²) in [4.78, 5) is 23.1. The summed E-state index contributed by atoms with van der Waals surface area (Å²) in [6, 6.07) is 3.38. The molecule has 0 aliphatic carbocycles. The van der Waals surface area contributed by atoms with E-state index in [4.69, 9.17) is 5.11 Å². The largest absolute Gasteiger partial charge is 0.481 e. The van der Waals surface area contributed by atoms with E-state index in [1.54, 1.807) is 0 Å². The molecule has 0 fully saturated rings. The van der Waals surface area contributed by atoms with Crippen molar-refractivity contribution in [3.63, 3.8) is 0 Å². The van der Waals surface area contributed by atoms with E-state index >= 15 is 0 Å². The van der Waals surface area contributed by atoms with E-state index in [0.717, 1.165) is 29.2 Å². The predicted octanol–water partition coefficient (Wildman–Crippen LogP) is 2.64. The van der Waals surface area contributed by atoms with Crippen LogP contribution in [0.3, 0.4) is 0 Å². The lowest BCUT2D eigenvalue weighted by molar-refractivity contribution is -0.138. The normalized spacial score (nSPS) is 11.0. The van der Waals surface area contributed by atoms with E-state index in [2.05, 4.69) is 5.32 Å². The number of rotatable bonds is 4. The molecule has 0 unspecified atom stereocenters. The molecule has 110 valence electrons. The maximum atomic E-state index is 12.3. The monoisotopic (exact) mass is 290 g/mol. The zero-order valence-corrected chi connectivity index (χ0v) is 10.6. The Morgan fingerprint density at radius 2 is 1.80 bits per heavy atom. The van der Waals surface area contributed by atoms with E-state index in [1.165, 1.54) is 7.05 Å². The molecule has 2 N–H and O–H groups in total. The number of benzene rings is 1. The average Bonchev–Trinajstić information content (AvgIpc) is 2.35. The number of amides is 2. The lowest BCUT2D eigenvalue weighted by Gasteiger charge is -2.17. The van der Waals surface area contributed by atoms with Gasteiger partial charge in [0.2, 0.25) is 0 Å². The molecule has 1 rings (SSSR count). The van der Waals surface area contributed by atoms with Crippen molar-refractivity contribution in [2.75, 3.05) is 18.9 Å². The van der Waals surface area contributed by atoms with E-state index < -0.39 is 23.7 Å². The Morgan fingerprint density at radius 1 is 1.25 bits per heavy atom. The van der Waals surface area contributed by atoms with Gasteiger partial charge in [0, 0.05) is 19.3 Å². The van der Waals surface area contributed by atoms with Crippen LogP contribution >= 0.6 is 0 Å². The molecule has 0 saturated carbocycles. The maximum absolute atomic E-state index is 12.3. The first-order chi connectivity index (χ1) is 9.20. The molecule has 5 nitrogen and oxygen atoms in total. The third-order valence-corrected chi connectivity index (χ3v) is 2.47. The highest BCUT2D eigenvalue weighted by Gasteiger charge is 2.30. The fraction of sp³-hybridized carbons (Fsp3) is 0.333. The second kappa shape index (κ2) is 6.27. The van der Waals surface area contributed by atoms with Crippen LogP contribution in [0, 0.1) is 0 Å². The molecule has 0 heterocycles. The second-order valence-electron chi connectivity index (χ2n) is 4.07. The van der Waals surface area contributed by atoms with Gasteiger partial charge in [-0.05, 0) is 24.3 Å². The molecule has 0 aliphatic rings. The molecular weight excluding hydrogens is 277 g/mol. The van der Waals surface area contributed by atoms with Gasteiger partial charge >= 0.3 is 18.2 Å². The van der Waals surface area contributed by atoms with Gasteiger partial charge in [0.15, 0.2) is 0 Å². The van der Waals surface area contributed by atoms with Gasteiger partial charge in [0.1, 0.15) is 0 Å². The number of nitrogens with one attached hydrogen (secondary N) is 1. The molecule has 2 amide bonds. The Morgan fingerprint density at radius 3 is 2.25 bits per heavy atom. The van der Waals surface area contributed by atoms with Gasteiger partial charge in [0.05, 0.1) is 12.0 Å². The minimum absolute atomic E-state index is 0.00179. The van der Waals surface area contributed by atoms with Crippen LogP contribution in [-0.2, 0) is 11.0 Å². The Balaban J connectivity index is 2.60. The average molecular weight is 290 g/mol. The molecule has 0 spiro atoms. The van der Waals surface area contributed by atoms with Gasteiger partial charge in [-0.25, -0.2) is 4.79 Å². The summed E-state index contributed by atoms with van der Waals surface area (Å²) in [7, 11) is 1.39. The molecule has 0 aliphatic heterocycles. The third-order valence-electron chi connectivity index (χ3n) is 2.47. The Labute approximate surface area is 113 Å². The van der Waals surface area contributed by atoms with Crippen molar-refractivity contribution in [1.82, 2.24) is 4.90 Å². The van der Waals surface area contributed by atoms with E-state index in [1.807, 2.05) is 0 Å². The first-order valence-electron chi connectivity index (χ1n) is 5.61. The predicted molar refractivity (Wildman–Crippen MR) is 65.3 cm³/mol. The molecule has 1 aromatic rings. The fourth-order valence-corrected chi connectivity index (χ4v) is 1.33. The molecular formula is C12H13F3N2O3. The second-order valence-corrected chi connectivity index (χ2v) is 4.07. The van der Waals surface area contributed by atoms with Gasteiger partial charge in [-0.3, -0.25) is 4.79 Å². The SMILES string of the molecule is CN(CCC(=O)O)C(=O)Nc1ccc(C(F)(F)F)cc1. The zero-order valence-electron chi connectivity index (χ0n) is 10.6. The molecule has 0 aromatic heterocycles. The summed E-state index contributed by atoms with van der Waals surface area (Å²) in [5.41, 5.74) is -0.611. The number of urea groups is 1. The minimum atomic E-state index is -4.43. The van der Waals surface area contributed by atoms with Gasteiger partial charge in [-0.2, -0.15) is 13.2 Å².